The van der Waals surface area contributed by atoms with Gasteiger partial charge in [-0.05, 0) is 25.0 Å². The van der Waals surface area contributed by atoms with E-state index in [0.717, 1.165) is 20.8 Å². The predicted octanol–water partition coefficient (Wildman–Crippen LogP) is 2.37. The second-order valence-electron chi connectivity index (χ2n) is 6.97. The summed E-state index contributed by atoms with van der Waals surface area (Å²) >= 11 is 1.50. The summed E-state index contributed by atoms with van der Waals surface area (Å²) in [5, 5.41) is 0.623. The lowest BCUT2D eigenvalue weighted by Crippen LogP contribution is -2.35. The predicted molar refractivity (Wildman–Crippen MR) is 114 cm³/mol. The molecule has 3 aromatic rings. The number of thiophene rings is 1. The molecule has 0 unspecified atom stereocenters. The molecular formula is C21H24N4O3S. The summed E-state index contributed by atoms with van der Waals surface area (Å²) in [7, 11) is 0. The van der Waals surface area contributed by atoms with E-state index < -0.39 is 5.91 Å². The minimum absolute atomic E-state index is 0.0966. The number of carbonyl (C=O) groups is 2. The maximum Gasteiger partial charge on any atom is 0.262 e. The molecule has 0 spiro atoms. The van der Waals surface area contributed by atoms with Crippen molar-refractivity contribution in [2.45, 2.75) is 39.8 Å². The quantitative estimate of drug-likeness (QED) is 0.614. The Kier molecular flexibility index (Phi) is 6.43. The Balaban J connectivity index is 1.74. The molecule has 0 fully saturated rings. The number of amides is 2. The van der Waals surface area contributed by atoms with Crippen LogP contribution in [0.15, 0.2) is 41.5 Å². The molecule has 2 amide bonds. The van der Waals surface area contributed by atoms with E-state index in [-0.39, 0.29) is 37.4 Å². The first kappa shape index (κ1) is 20.7. The average Bonchev–Trinajstić information content (AvgIpc) is 2.99. The minimum Gasteiger partial charge on any atom is -0.370 e. The third kappa shape index (κ3) is 4.89. The van der Waals surface area contributed by atoms with E-state index in [0.29, 0.717) is 11.9 Å². The van der Waals surface area contributed by atoms with E-state index in [4.69, 9.17) is 5.73 Å². The standard InChI is InChI=1S/C21H24N4O3S/c1-14-15(2)29-20-19(14)21(28)25(13-23-20)11-9-18(27)24(10-8-17(22)26)12-16-6-4-3-5-7-16/h3-7,13H,8-12H2,1-2H3,(H2,22,26). The van der Waals surface area contributed by atoms with Crippen LogP contribution in [0.25, 0.3) is 10.2 Å². The van der Waals surface area contributed by atoms with Gasteiger partial charge in [0.15, 0.2) is 0 Å². The number of nitrogens with zero attached hydrogens (tertiary/aromatic N) is 3. The molecule has 1 aromatic carbocycles. The molecule has 0 radical (unpaired) electrons. The summed E-state index contributed by atoms with van der Waals surface area (Å²) < 4.78 is 1.48. The van der Waals surface area contributed by atoms with Gasteiger partial charge in [0.2, 0.25) is 11.8 Å². The van der Waals surface area contributed by atoms with Crippen LogP contribution in [0.5, 0.6) is 0 Å². The van der Waals surface area contributed by atoms with Gasteiger partial charge in [0.05, 0.1) is 11.7 Å². The Morgan fingerprint density at radius 2 is 1.90 bits per heavy atom. The van der Waals surface area contributed by atoms with Gasteiger partial charge in [-0.15, -0.1) is 11.3 Å². The molecule has 2 heterocycles. The van der Waals surface area contributed by atoms with Gasteiger partial charge in [-0.25, -0.2) is 4.98 Å². The lowest BCUT2D eigenvalue weighted by molar-refractivity contribution is -0.132. The molecule has 2 N–H and O–H groups in total. The minimum atomic E-state index is -0.454. The highest BCUT2D eigenvalue weighted by molar-refractivity contribution is 7.18. The lowest BCUT2D eigenvalue weighted by atomic mass is 10.2. The van der Waals surface area contributed by atoms with Crippen molar-refractivity contribution < 1.29 is 9.59 Å². The van der Waals surface area contributed by atoms with E-state index in [1.54, 1.807) is 4.90 Å². The average molecular weight is 413 g/mol. The first-order valence-electron chi connectivity index (χ1n) is 9.42. The molecule has 0 bridgehead atoms. The second-order valence-corrected chi connectivity index (χ2v) is 8.18. The highest BCUT2D eigenvalue weighted by atomic mass is 32.1. The maximum atomic E-state index is 12.8. The smallest absolute Gasteiger partial charge is 0.262 e. The Morgan fingerprint density at radius 1 is 1.17 bits per heavy atom. The number of hydrogen-bond donors (Lipinski definition) is 1. The van der Waals surface area contributed by atoms with Gasteiger partial charge in [-0.1, -0.05) is 30.3 Å². The van der Waals surface area contributed by atoms with Crippen LogP contribution in [-0.4, -0.2) is 32.8 Å². The van der Waals surface area contributed by atoms with Gasteiger partial charge >= 0.3 is 0 Å². The number of aromatic nitrogens is 2. The van der Waals surface area contributed by atoms with Crippen molar-refractivity contribution in [3.8, 4) is 0 Å². The van der Waals surface area contributed by atoms with Gasteiger partial charge < -0.3 is 10.6 Å². The van der Waals surface area contributed by atoms with E-state index in [2.05, 4.69) is 4.98 Å². The van der Waals surface area contributed by atoms with Crippen LogP contribution in [0.2, 0.25) is 0 Å². The largest absolute Gasteiger partial charge is 0.370 e. The van der Waals surface area contributed by atoms with E-state index in [1.165, 1.54) is 22.2 Å². The molecule has 0 aliphatic rings. The summed E-state index contributed by atoms with van der Waals surface area (Å²) in [6.45, 7) is 4.75. The summed E-state index contributed by atoms with van der Waals surface area (Å²) in [5.74, 6) is -0.592. The van der Waals surface area contributed by atoms with Crippen molar-refractivity contribution >= 4 is 33.4 Å². The molecule has 0 atom stereocenters. The number of rotatable bonds is 8. The van der Waals surface area contributed by atoms with Crippen LogP contribution >= 0.6 is 11.3 Å². The fourth-order valence-corrected chi connectivity index (χ4v) is 4.13. The fraction of sp³-hybridized carbons (Fsp3) is 0.333. The van der Waals surface area contributed by atoms with Gasteiger partial charge in [0, 0.05) is 37.4 Å². The van der Waals surface area contributed by atoms with Crippen molar-refractivity contribution in [2.75, 3.05) is 6.54 Å². The van der Waals surface area contributed by atoms with Gasteiger partial charge in [-0.2, -0.15) is 0 Å². The first-order valence-corrected chi connectivity index (χ1v) is 10.2. The molecule has 0 saturated carbocycles. The van der Waals surface area contributed by atoms with Crippen LogP contribution in [-0.2, 0) is 22.7 Å². The molecule has 2 aromatic heterocycles. The van der Waals surface area contributed by atoms with Gasteiger partial charge in [0.25, 0.3) is 5.56 Å². The van der Waals surface area contributed by atoms with Crippen LogP contribution in [0.1, 0.15) is 28.8 Å². The Bertz CT molecular complexity index is 1090. The van der Waals surface area contributed by atoms with Crippen molar-refractivity contribution in [1.29, 1.82) is 0 Å². The molecular weight excluding hydrogens is 388 g/mol. The van der Waals surface area contributed by atoms with Crippen molar-refractivity contribution in [2.24, 2.45) is 5.73 Å². The molecule has 0 aliphatic heterocycles. The second kappa shape index (κ2) is 9.00. The normalized spacial score (nSPS) is 11.0. The van der Waals surface area contributed by atoms with Crippen molar-refractivity contribution in [1.82, 2.24) is 14.5 Å². The Hall–Kier alpha value is -3.00. The highest BCUT2D eigenvalue weighted by Crippen LogP contribution is 2.25. The summed E-state index contributed by atoms with van der Waals surface area (Å²) in [5.41, 5.74) is 7.04. The molecule has 8 heteroatoms. The number of fused-ring (bicyclic) bond motifs is 1. The molecule has 7 nitrogen and oxygen atoms in total. The van der Waals surface area contributed by atoms with Gasteiger partial charge in [-0.3, -0.25) is 19.0 Å². The molecule has 152 valence electrons. The third-order valence-corrected chi connectivity index (χ3v) is 6.03. The zero-order chi connectivity index (χ0) is 21.0. The zero-order valence-electron chi connectivity index (χ0n) is 16.6. The molecule has 3 rings (SSSR count). The van der Waals surface area contributed by atoms with Crippen molar-refractivity contribution in [3.05, 3.63) is 63.0 Å². The molecule has 0 aliphatic carbocycles. The highest BCUT2D eigenvalue weighted by Gasteiger charge is 2.17. The van der Waals surface area contributed by atoms with Crippen LogP contribution < -0.4 is 11.3 Å². The number of benzene rings is 1. The SMILES string of the molecule is Cc1sc2ncn(CCC(=O)N(CCC(N)=O)Cc3ccccc3)c(=O)c2c1C. The Labute approximate surface area is 172 Å². The first-order chi connectivity index (χ1) is 13.9. The summed E-state index contributed by atoms with van der Waals surface area (Å²) in [4.78, 5) is 44.6. The van der Waals surface area contributed by atoms with Crippen LogP contribution in [0.3, 0.4) is 0 Å². The van der Waals surface area contributed by atoms with Crippen molar-refractivity contribution in [3.63, 3.8) is 0 Å². The number of nitrogens with two attached hydrogens (primary N) is 1. The Morgan fingerprint density at radius 3 is 2.59 bits per heavy atom. The number of hydrogen-bond acceptors (Lipinski definition) is 5. The fourth-order valence-electron chi connectivity index (χ4n) is 3.14. The third-order valence-electron chi connectivity index (χ3n) is 4.92. The number of aryl methyl sites for hydroxylation is 3. The topological polar surface area (TPSA) is 98.3 Å². The van der Waals surface area contributed by atoms with E-state index >= 15 is 0 Å². The molecule has 0 saturated heterocycles. The summed E-state index contributed by atoms with van der Waals surface area (Å²) in [6.07, 6.45) is 1.73. The summed E-state index contributed by atoms with van der Waals surface area (Å²) in [6, 6.07) is 9.56. The van der Waals surface area contributed by atoms with E-state index in [9.17, 15) is 14.4 Å². The monoisotopic (exact) mass is 412 g/mol. The van der Waals surface area contributed by atoms with Gasteiger partial charge in [0.1, 0.15) is 4.83 Å². The molecule has 29 heavy (non-hydrogen) atoms. The van der Waals surface area contributed by atoms with Crippen LogP contribution in [0, 0.1) is 13.8 Å². The lowest BCUT2D eigenvalue weighted by Gasteiger charge is -2.22. The zero-order valence-corrected chi connectivity index (χ0v) is 17.4. The van der Waals surface area contributed by atoms with E-state index in [1.807, 2.05) is 44.2 Å². The number of carbonyl (C=O) groups excluding carboxylic acids is 2. The maximum absolute atomic E-state index is 12.8. The van der Waals surface area contributed by atoms with Crippen LogP contribution in [0.4, 0.5) is 0 Å². The number of primary amides is 1.